The molecule has 0 aromatic heterocycles. The van der Waals surface area contributed by atoms with Crippen molar-refractivity contribution in [2.75, 3.05) is 0 Å². The molecule has 6 heteroatoms. The summed E-state index contributed by atoms with van der Waals surface area (Å²) in [6.45, 7) is 25.3. The molecule has 1 rings (SSSR count). The molecule has 0 aliphatic rings. The van der Waals surface area contributed by atoms with Crippen LogP contribution in [0, 0.1) is 0 Å². The van der Waals surface area contributed by atoms with E-state index in [9.17, 15) is 4.79 Å². The third-order valence-corrected chi connectivity index (χ3v) is 23.6. The Kier molecular flexibility index (Phi) is 17.3. The molecule has 0 fully saturated rings. The zero-order valence-electron chi connectivity index (χ0n) is 27.4. The zero-order valence-corrected chi connectivity index (χ0v) is 30.3. The van der Waals surface area contributed by atoms with Gasteiger partial charge in [-0.15, -0.1) is 0 Å². The van der Waals surface area contributed by atoms with Crippen LogP contribution in [-0.2, 0) is 4.79 Å². The van der Waals surface area contributed by atoms with E-state index >= 15 is 0 Å². The molecule has 0 N–H and O–H groups in total. The number of rotatable bonds is 19. The van der Waals surface area contributed by atoms with Crippen LogP contribution in [0.5, 0.6) is 5.75 Å². The van der Waals surface area contributed by atoms with E-state index in [4.69, 9.17) is 4.74 Å². The molecule has 0 unspecified atom stereocenters. The molecule has 0 bridgehead atoms. The van der Waals surface area contributed by atoms with Gasteiger partial charge >= 0.3 is 248 Å². The van der Waals surface area contributed by atoms with Gasteiger partial charge in [0.05, 0.1) is 0 Å². The first kappa shape index (κ1) is 36.2. The fraction of sp³-hybridized carbons (Fsp3) is 0.727. The number of ether oxygens (including phenoxy) is 1. The van der Waals surface area contributed by atoms with Crippen molar-refractivity contribution in [2.24, 2.45) is 0 Å². The van der Waals surface area contributed by atoms with Crippen LogP contribution in [0.15, 0.2) is 39.9 Å². The SMILES string of the molecule is CCC[CH2][Sn]([CH2]CCC)([CH2]CCC)/[C](=C\B(N(C(C)C)C(C)C)N(C(C)C)C(C)C)C(=O)Oc1ccccc1. The fourth-order valence-corrected chi connectivity index (χ4v) is 22.4. The Hall–Kier alpha value is -0.786. The topological polar surface area (TPSA) is 32.8 Å². The summed E-state index contributed by atoms with van der Waals surface area (Å²) in [5.41, 5.74) is 0. The van der Waals surface area contributed by atoms with Gasteiger partial charge in [0.15, 0.2) is 0 Å². The first-order valence-electron chi connectivity index (χ1n) is 16.0. The van der Waals surface area contributed by atoms with E-state index in [-0.39, 0.29) is 13.0 Å². The summed E-state index contributed by atoms with van der Waals surface area (Å²) < 4.78 is 11.0. The third kappa shape index (κ3) is 11.2. The Morgan fingerprint density at radius 1 is 0.744 bits per heavy atom. The predicted molar refractivity (Wildman–Crippen MR) is 175 cm³/mol. The Bertz CT molecular complexity index is 784. The molecule has 1 aromatic carbocycles. The van der Waals surface area contributed by atoms with Crippen LogP contribution in [0.1, 0.15) is 115 Å². The van der Waals surface area contributed by atoms with E-state index in [1.807, 2.05) is 30.3 Å². The van der Waals surface area contributed by atoms with Gasteiger partial charge in [-0.25, -0.2) is 0 Å². The Labute approximate surface area is 247 Å². The van der Waals surface area contributed by atoms with Crippen LogP contribution in [0.2, 0.25) is 13.3 Å². The van der Waals surface area contributed by atoms with E-state index < -0.39 is 18.4 Å². The maximum absolute atomic E-state index is 14.4. The number of esters is 1. The van der Waals surface area contributed by atoms with Crippen LogP contribution < -0.4 is 4.74 Å². The quantitative estimate of drug-likeness (QED) is 0.0649. The molecule has 4 nitrogen and oxygen atoms in total. The summed E-state index contributed by atoms with van der Waals surface area (Å²) in [7, 11) is 0. The third-order valence-electron chi connectivity index (χ3n) is 8.08. The summed E-state index contributed by atoms with van der Waals surface area (Å²) in [6.07, 6.45) is 7.15. The van der Waals surface area contributed by atoms with Crippen molar-refractivity contribution >= 4 is 31.3 Å². The van der Waals surface area contributed by atoms with Crippen LogP contribution in [0.3, 0.4) is 0 Å². The van der Waals surface area contributed by atoms with Gasteiger partial charge in [-0.3, -0.25) is 0 Å². The number of carbonyl (C=O) groups excluding carboxylic acids is 1. The van der Waals surface area contributed by atoms with Crippen LogP contribution in [-0.4, -0.2) is 65.1 Å². The Morgan fingerprint density at radius 2 is 1.13 bits per heavy atom. The number of nitrogens with zero attached hydrogens (tertiary/aromatic N) is 2. The molecule has 0 saturated carbocycles. The normalized spacial score (nSPS) is 13.0. The van der Waals surface area contributed by atoms with Gasteiger partial charge < -0.3 is 0 Å². The minimum absolute atomic E-state index is 0.0456. The van der Waals surface area contributed by atoms with Crippen molar-refractivity contribution in [1.29, 1.82) is 0 Å². The van der Waals surface area contributed by atoms with Gasteiger partial charge in [0.25, 0.3) is 0 Å². The second-order valence-corrected chi connectivity index (χ2v) is 25.7. The number of unbranched alkanes of at least 4 members (excludes halogenated alkanes) is 3. The second kappa shape index (κ2) is 18.6. The van der Waals surface area contributed by atoms with Crippen molar-refractivity contribution < 1.29 is 9.53 Å². The number of para-hydroxylation sites is 1. The van der Waals surface area contributed by atoms with Gasteiger partial charge in [0, 0.05) is 0 Å². The fourth-order valence-electron chi connectivity index (χ4n) is 6.33. The van der Waals surface area contributed by atoms with Gasteiger partial charge in [0.2, 0.25) is 0 Å². The number of hydrogen-bond acceptors (Lipinski definition) is 4. The number of benzene rings is 1. The molecule has 0 radical (unpaired) electrons. The van der Waals surface area contributed by atoms with Gasteiger partial charge in [-0.05, 0) is 0 Å². The van der Waals surface area contributed by atoms with Crippen LogP contribution in [0.4, 0.5) is 0 Å². The molecule has 0 heterocycles. The summed E-state index contributed by atoms with van der Waals surface area (Å²) in [5.74, 6) is 3.01. The molecule has 0 atom stereocenters. The Balaban J connectivity index is 4.01. The van der Waals surface area contributed by atoms with E-state index in [1.54, 1.807) is 0 Å². The Morgan fingerprint density at radius 3 is 1.46 bits per heavy atom. The zero-order chi connectivity index (χ0) is 29.6. The minimum atomic E-state index is -3.18. The summed E-state index contributed by atoms with van der Waals surface area (Å²) in [6, 6.07) is 11.1. The first-order valence-corrected chi connectivity index (χ1v) is 23.5. The van der Waals surface area contributed by atoms with Crippen molar-refractivity contribution in [3.63, 3.8) is 0 Å². The predicted octanol–water partition coefficient (Wildman–Crippen LogP) is 9.17. The molecule has 222 valence electrons. The average Bonchev–Trinajstić information content (AvgIpc) is 2.86. The monoisotopic (exact) mass is 648 g/mol. The van der Waals surface area contributed by atoms with E-state index in [2.05, 4.69) is 91.8 Å². The van der Waals surface area contributed by atoms with Crippen molar-refractivity contribution in [2.45, 2.75) is 152 Å². The van der Waals surface area contributed by atoms with Gasteiger partial charge in [0.1, 0.15) is 0 Å². The number of carbonyl (C=O) groups is 1. The van der Waals surface area contributed by atoms with Crippen LogP contribution in [0.25, 0.3) is 0 Å². The standard InChI is InChI=1S/C21H34BN2O2.3C4H9.Sn/c1-16(2)23(17(3)4)22(24(18(5)6)19(7)8)15-14-21(25)26-20-12-10-9-11-13-20;3*1-3-4-2;/h9-13,15-19H,1-8H3;3*1,3-4H2,2H3;. The summed E-state index contributed by atoms with van der Waals surface area (Å²) >= 11 is -3.18. The van der Waals surface area contributed by atoms with E-state index in [0.717, 1.165) is 3.59 Å². The molecule has 39 heavy (non-hydrogen) atoms. The van der Waals surface area contributed by atoms with Crippen molar-refractivity contribution in [1.82, 2.24) is 9.62 Å². The molecule has 0 aliphatic heterocycles. The molecule has 1 aromatic rings. The van der Waals surface area contributed by atoms with E-state index in [0.29, 0.717) is 29.9 Å². The number of hydrogen-bond donors (Lipinski definition) is 0. The maximum atomic E-state index is 14.4. The molecule has 0 spiro atoms. The van der Waals surface area contributed by atoms with Gasteiger partial charge in [-0.1, -0.05) is 0 Å². The van der Waals surface area contributed by atoms with E-state index in [1.165, 1.54) is 51.8 Å². The van der Waals surface area contributed by atoms with Crippen molar-refractivity contribution in [3.05, 3.63) is 39.9 Å². The van der Waals surface area contributed by atoms with Gasteiger partial charge in [-0.2, -0.15) is 0 Å². The molecule has 0 saturated heterocycles. The molecule has 0 aliphatic carbocycles. The second-order valence-electron chi connectivity index (χ2n) is 12.6. The first-order chi connectivity index (χ1) is 18.4. The molecule has 0 amide bonds. The average molecular weight is 647 g/mol. The van der Waals surface area contributed by atoms with Crippen molar-refractivity contribution in [3.8, 4) is 5.75 Å². The summed E-state index contributed by atoms with van der Waals surface area (Å²) in [4.78, 5) is 19.6. The molecular formula is C33H61BN2O2Sn. The summed E-state index contributed by atoms with van der Waals surface area (Å²) in [5, 5.41) is 0. The molecular weight excluding hydrogens is 586 g/mol. The van der Waals surface area contributed by atoms with Crippen LogP contribution >= 0.6 is 0 Å².